The van der Waals surface area contributed by atoms with E-state index in [4.69, 9.17) is 4.43 Å². The summed E-state index contributed by atoms with van der Waals surface area (Å²) in [6.45, 7) is 9.09. The molecular weight excluding hydrogens is 238 g/mol. The number of hydrogen-bond donors (Lipinski definition) is 0. The lowest BCUT2D eigenvalue weighted by molar-refractivity contribution is 0.181. The molecule has 0 saturated carbocycles. The first-order chi connectivity index (χ1) is 8.68. The van der Waals surface area contributed by atoms with Gasteiger partial charge in [0.15, 0.2) is 0 Å². The molecule has 0 radical (unpaired) electrons. The maximum absolute atomic E-state index is 6.22. The van der Waals surface area contributed by atoms with Gasteiger partial charge in [0.2, 0.25) is 8.32 Å². The minimum absolute atomic E-state index is 0.883. The molecule has 2 nitrogen and oxygen atoms in total. The molecule has 18 heavy (non-hydrogen) atoms. The van der Waals surface area contributed by atoms with Crippen LogP contribution in [0.15, 0.2) is 30.3 Å². The fourth-order valence-corrected chi connectivity index (χ4v) is 4.30. The van der Waals surface area contributed by atoms with Crippen LogP contribution in [0.4, 0.5) is 0 Å². The number of benzene rings is 1. The van der Waals surface area contributed by atoms with E-state index in [-0.39, 0.29) is 0 Å². The SMILES string of the molecule is C[Si](C)(OCCN1CCCCC1)c1ccccc1. The van der Waals surface area contributed by atoms with Gasteiger partial charge >= 0.3 is 0 Å². The minimum atomic E-state index is -1.69. The summed E-state index contributed by atoms with van der Waals surface area (Å²) < 4.78 is 6.22. The van der Waals surface area contributed by atoms with Gasteiger partial charge in [-0.15, -0.1) is 0 Å². The molecule has 1 heterocycles. The number of piperidine rings is 1. The first-order valence-corrected chi connectivity index (χ1v) is 10.0. The summed E-state index contributed by atoms with van der Waals surface area (Å²) in [5.74, 6) is 0. The second kappa shape index (κ2) is 6.50. The predicted molar refractivity (Wildman–Crippen MR) is 79.8 cm³/mol. The Bertz CT molecular complexity index is 347. The van der Waals surface area contributed by atoms with Gasteiger partial charge in [-0.1, -0.05) is 36.8 Å². The second-order valence-corrected chi connectivity index (χ2v) is 9.51. The summed E-state index contributed by atoms with van der Waals surface area (Å²) in [6.07, 6.45) is 4.13. The molecule has 1 fully saturated rings. The fourth-order valence-electron chi connectivity index (χ4n) is 2.54. The van der Waals surface area contributed by atoms with Crippen molar-refractivity contribution in [2.24, 2.45) is 0 Å². The van der Waals surface area contributed by atoms with Crippen LogP contribution in [-0.4, -0.2) is 39.5 Å². The molecule has 1 aromatic carbocycles. The molecule has 1 aromatic rings. The van der Waals surface area contributed by atoms with Crippen LogP contribution in [0.2, 0.25) is 13.1 Å². The lowest BCUT2D eigenvalue weighted by atomic mass is 10.1. The quantitative estimate of drug-likeness (QED) is 0.757. The van der Waals surface area contributed by atoms with Crippen molar-refractivity contribution in [3.63, 3.8) is 0 Å². The van der Waals surface area contributed by atoms with Crippen LogP contribution in [0, 0.1) is 0 Å². The molecule has 0 aliphatic carbocycles. The van der Waals surface area contributed by atoms with Crippen molar-refractivity contribution < 1.29 is 4.43 Å². The summed E-state index contributed by atoms with van der Waals surface area (Å²) in [5, 5.41) is 1.39. The van der Waals surface area contributed by atoms with E-state index in [2.05, 4.69) is 48.3 Å². The van der Waals surface area contributed by atoms with Gasteiger partial charge in [-0.05, 0) is 44.2 Å². The van der Waals surface area contributed by atoms with Crippen LogP contribution in [0.3, 0.4) is 0 Å². The maximum atomic E-state index is 6.22. The molecule has 0 unspecified atom stereocenters. The van der Waals surface area contributed by atoms with Crippen molar-refractivity contribution >= 4 is 13.5 Å². The molecule has 0 aromatic heterocycles. The molecular formula is C15H25NOSi. The van der Waals surface area contributed by atoms with Crippen molar-refractivity contribution in [2.45, 2.75) is 32.4 Å². The van der Waals surface area contributed by atoms with Gasteiger partial charge in [-0.25, -0.2) is 0 Å². The molecule has 1 saturated heterocycles. The van der Waals surface area contributed by atoms with Crippen LogP contribution < -0.4 is 5.19 Å². The van der Waals surface area contributed by atoms with Crippen molar-refractivity contribution in [3.05, 3.63) is 30.3 Å². The van der Waals surface area contributed by atoms with E-state index >= 15 is 0 Å². The maximum Gasteiger partial charge on any atom is 0.218 e. The third kappa shape index (κ3) is 3.94. The molecule has 2 rings (SSSR count). The van der Waals surface area contributed by atoms with E-state index < -0.39 is 8.32 Å². The Labute approximate surface area is 112 Å². The zero-order chi connectivity index (χ0) is 12.8. The summed E-state index contributed by atoms with van der Waals surface area (Å²) in [7, 11) is -1.69. The van der Waals surface area contributed by atoms with E-state index in [9.17, 15) is 0 Å². The van der Waals surface area contributed by atoms with Crippen molar-refractivity contribution in [3.8, 4) is 0 Å². The largest absolute Gasteiger partial charge is 0.412 e. The first-order valence-electron chi connectivity index (χ1n) is 7.10. The number of rotatable bonds is 5. The van der Waals surface area contributed by atoms with Crippen LogP contribution in [0.1, 0.15) is 19.3 Å². The lowest BCUT2D eigenvalue weighted by Gasteiger charge is -2.29. The van der Waals surface area contributed by atoms with Gasteiger partial charge in [0.1, 0.15) is 0 Å². The highest BCUT2D eigenvalue weighted by atomic mass is 28.4. The Morgan fingerprint density at radius 2 is 1.72 bits per heavy atom. The van der Waals surface area contributed by atoms with Crippen LogP contribution in [0.25, 0.3) is 0 Å². The molecule has 0 atom stereocenters. The zero-order valence-corrected chi connectivity index (χ0v) is 12.7. The third-order valence-corrected chi connectivity index (χ3v) is 6.44. The van der Waals surface area contributed by atoms with Gasteiger partial charge in [0.05, 0.1) is 0 Å². The zero-order valence-electron chi connectivity index (χ0n) is 11.7. The van der Waals surface area contributed by atoms with Gasteiger partial charge < -0.3 is 9.33 Å². The van der Waals surface area contributed by atoms with Gasteiger partial charge in [-0.3, -0.25) is 0 Å². The van der Waals surface area contributed by atoms with E-state index in [1.807, 2.05) is 0 Å². The molecule has 0 amide bonds. The average molecular weight is 263 g/mol. The predicted octanol–water partition coefficient (Wildman–Crippen LogP) is 2.60. The third-order valence-electron chi connectivity index (χ3n) is 3.79. The fraction of sp³-hybridized carbons (Fsp3) is 0.600. The highest BCUT2D eigenvalue weighted by molar-refractivity contribution is 6.84. The Balaban J connectivity index is 1.78. The van der Waals surface area contributed by atoms with Crippen molar-refractivity contribution in [2.75, 3.05) is 26.2 Å². The Morgan fingerprint density at radius 1 is 1.06 bits per heavy atom. The molecule has 0 spiro atoms. The topological polar surface area (TPSA) is 12.5 Å². The Kier molecular flexibility index (Phi) is 4.98. The van der Waals surface area contributed by atoms with Gasteiger partial charge in [-0.2, -0.15) is 0 Å². The van der Waals surface area contributed by atoms with E-state index in [1.54, 1.807) is 0 Å². The number of likely N-dealkylation sites (tertiary alicyclic amines) is 1. The molecule has 0 N–H and O–H groups in total. The number of nitrogens with zero attached hydrogens (tertiary/aromatic N) is 1. The molecule has 3 heteroatoms. The van der Waals surface area contributed by atoms with Gasteiger partial charge in [0.25, 0.3) is 0 Å². The molecule has 100 valence electrons. The second-order valence-electron chi connectivity index (χ2n) is 5.63. The summed E-state index contributed by atoms with van der Waals surface area (Å²) in [4.78, 5) is 2.54. The van der Waals surface area contributed by atoms with Gasteiger partial charge in [0, 0.05) is 13.2 Å². The first kappa shape index (κ1) is 13.8. The van der Waals surface area contributed by atoms with E-state index in [0.717, 1.165) is 13.2 Å². The average Bonchev–Trinajstić information content (AvgIpc) is 2.41. The summed E-state index contributed by atoms with van der Waals surface area (Å²) >= 11 is 0. The Hall–Kier alpha value is -0.643. The summed E-state index contributed by atoms with van der Waals surface area (Å²) in [6, 6.07) is 10.7. The van der Waals surface area contributed by atoms with Crippen molar-refractivity contribution in [1.82, 2.24) is 4.90 Å². The van der Waals surface area contributed by atoms with Crippen LogP contribution in [0.5, 0.6) is 0 Å². The smallest absolute Gasteiger partial charge is 0.218 e. The summed E-state index contributed by atoms with van der Waals surface area (Å²) in [5.41, 5.74) is 0. The standard InChI is InChI=1S/C15H25NOSi/c1-18(2,15-9-5-3-6-10-15)17-14-13-16-11-7-4-8-12-16/h3,5-6,9-10H,4,7-8,11-14H2,1-2H3. The molecule has 1 aliphatic heterocycles. The molecule has 1 aliphatic rings. The minimum Gasteiger partial charge on any atom is -0.412 e. The number of hydrogen-bond acceptors (Lipinski definition) is 2. The lowest BCUT2D eigenvalue weighted by Crippen LogP contribution is -2.46. The molecule has 0 bridgehead atoms. The van der Waals surface area contributed by atoms with Crippen LogP contribution >= 0.6 is 0 Å². The van der Waals surface area contributed by atoms with Crippen LogP contribution in [-0.2, 0) is 4.43 Å². The van der Waals surface area contributed by atoms with E-state index in [1.165, 1.54) is 37.5 Å². The highest BCUT2D eigenvalue weighted by Crippen LogP contribution is 2.09. The highest BCUT2D eigenvalue weighted by Gasteiger charge is 2.25. The Morgan fingerprint density at radius 3 is 2.39 bits per heavy atom. The van der Waals surface area contributed by atoms with Crippen molar-refractivity contribution in [1.29, 1.82) is 0 Å². The monoisotopic (exact) mass is 263 g/mol. The van der Waals surface area contributed by atoms with E-state index in [0.29, 0.717) is 0 Å². The normalized spacial score (nSPS) is 17.9.